The third kappa shape index (κ3) is 2.65. The fourth-order valence-corrected chi connectivity index (χ4v) is 2.11. The van der Waals surface area contributed by atoms with E-state index in [9.17, 15) is 4.79 Å². The molecule has 98 valence electrons. The average molecular weight is 256 g/mol. The van der Waals surface area contributed by atoms with E-state index in [0.29, 0.717) is 6.54 Å². The van der Waals surface area contributed by atoms with Gasteiger partial charge in [-0.1, -0.05) is 12.5 Å². The lowest BCUT2D eigenvalue weighted by Gasteiger charge is -2.24. The Labute approximate surface area is 111 Å². The van der Waals surface area contributed by atoms with E-state index in [1.807, 2.05) is 24.3 Å². The fourth-order valence-electron chi connectivity index (χ4n) is 2.11. The highest BCUT2D eigenvalue weighted by Gasteiger charge is 2.25. The summed E-state index contributed by atoms with van der Waals surface area (Å²) in [4.78, 5) is 16.2. The van der Waals surface area contributed by atoms with Gasteiger partial charge in [0.25, 0.3) is 0 Å². The standard InChI is InChI=1S/C14H16N4O/c19-14(11-4-3-5-11)17-13-7-9-16-18(13)10-12-6-1-2-8-15-12/h1-2,6-9,11H,3-5,10H2,(H,17,19). The number of pyridine rings is 1. The minimum atomic E-state index is 0.106. The first-order chi connectivity index (χ1) is 9.33. The molecule has 5 heteroatoms. The number of aromatic nitrogens is 3. The first-order valence-electron chi connectivity index (χ1n) is 6.55. The van der Waals surface area contributed by atoms with Crippen molar-refractivity contribution in [1.82, 2.24) is 14.8 Å². The highest BCUT2D eigenvalue weighted by atomic mass is 16.2. The highest BCUT2D eigenvalue weighted by molar-refractivity contribution is 5.92. The third-order valence-electron chi connectivity index (χ3n) is 3.48. The maximum Gasteiger partial charge on any atom is 0.228 e. The molecular formula is C14H16N4O. The number of carbonyl (C=O) groups is 1. The van der Waals surface area contributed by atoms with Gasteiger partial charge in [0, 0.05) is 18.2 Å². The Morgan fingerprint density at radius 1 is 1.32 bits per heavy atom. The summed E-state index contributed by atoms with van der Waals surface area (Å²) in [5.41, 5.74) is 0.922. The Bertz CT molecular complexity index is 560. The molecule has 1 saturated carbocycles. The lowest BCUT2D eigenvalue weighted by molar-refractivity contribution is -0.122. The molecule has 1 amide bonds. The van der Waals surface area contributed by atoms with Gasteiger partial charge in [-0.3, -0.25) is 9.78 Å². The smallest absolute Gasteiger partial charge is 0.228 e. The molecule has 0 radical (unpaired) electrons. The van der Waals surface area contributed by atoms with Crippen LogP contribution in [0, 0.1) is 5.92 Å². The van der Waals surface area contributed by atoms with Crippen molar-refractivity contribution in [2.24, 2.45) is 5.92 Å². The number of amides is 1. The van der Waals surface area contributed by atoms with E-state index in [0.717, 1.165) is 30.8 Å². The molecule has 0 aromatic carbocycles. The molecule has 1 fully saturated rings. The van der Waals surface area contributed by atoms with E-state index >= 15 is 0 Å². The van der Waals surface area contributed by atoms with E-state index in [4.69, 9.17) is 0 Å². The zero-order chi connectivity index (χ0) is 13.1. The lowest BCUT2D eigenvalue weighted by Crippen LogP contribution is -2.29. The average Bonchev–Trinajstić information content (AvgIpc) is 2.75. The van der Waals surface area contributed by atoms with Crippen molar-refractivity contribution < 1.29 is 4.79 Å². The Hall–Kier alpha value is -2.17. The van der Waals surface area contributed by atoms with Gasteiger partial charge >= 0.3 is 0 Å². The number of hydrogen-bond donors (Lipinski definition) is 1. The van der Waals surface area contributed by atoms with Crippen LogP contribution in [0.3, 0.4) is 0 Å². The molecule has 0 atom stereocenters. The summed E-state index contributed by atoms with van der Waals surface area (Å²) in [7, 11) is 0. The Kier molecular flexibility index (Phi) is 3.27. The van der Waals surface area contributed by atoms with E-state index in [-0.39, 0.29) is 11.8 Å². The van der Waals surface area contributed by atoms with Gasteiger partial charge in [0.15, 0.2) is 0 Å². The SMILES string of the molecule is O=C(Nc1ccnn1Cc1ccccn1)C1CCC1. The molecule has 5 nitrogen and oxygen atoms in total. The topological polar surface area (TPSA) is 59.8 Å². The van der Waals surface area contributed by atoms with Crippen molar-refractivity contribution in [3.63, 3.8) is 0 Å². The third-order valence-corrected chi connectivity index (χ3v) is 3.48. The predicted octanol–water partition coefficient (Wildman–Crippen LogP) is 2.06. The zero-order valence-electron chi connectivity index (χ0n) is 10.6. The van der Waals surface area contributed by atoms with Crippen LogP contribution in [0.1, 0.15) is 25.0 Å². The summed E-state index contributed by atoms with van der Waals surface area (Å²) >= 11 is 0. The fraction of sp³-hybridized carbons (Fsp3) is 0.357. The largest absolute Gasteiger partial charge is 0.311 e. The zero-order valence-corrected chi connectivity index (χ0v) is 10.6. The number of nitrogens with zero attached hydrogens (tertiary/aromatic N) is 3. The van der Waals surface area contributed by atoms with Gasteiger partial charge in [-0.05, 0) is 25.0 Å². The molecule has 2 aromatic heterocycles. The Morgan fingerprint density at radius 3 is 2.89 bits per heavy atom. The second-order valence-electron chi connectivity index (χ2n) is 4.81. The molecule has 2 aromatic rings. The van der Waals surface area contributed by atoms with Crippen LogP contribution < -0.4 is 5.32 Å². The van der Waals surface area contributed by atoms with Crippen LogP contribution in [-0.4, -0.2) is 20.7 Å². The van der Waals surface area contributed by atoms with Crippen LogP contribution in [0.2, 0.25) is 0 Å². The molecule has 3 rings (SSSR count). The maximum absolute atomic E-state index is 11.9. The Morgan fingerprint density at radius 2 is 2.21 bits per heavy atom. The van der Waals surface area contributed by atoms with Crippen LogP contribution in [0.5, 0.6) is 0 Å². The second-order valence-corrected chi connectivity index (χ2v) is 4.81. The minimum absolute atomic E-state index is 0.106. The second kappa shape index (κ2) is 5.22. The number of hydrogen-bond acceptors (Lipinski definition) is 3. The minimum Gasteiger partial charge on any atom is -0.311 e. The lowest BCUT2D eigenvalue weighted by atomic mass is 9.85. The van der Waals surface area contributed by atoms with Gasteiger partial charge in [-0.15, -0.1) is 0 Å². The van der Waals surface area contributed by atoms with Crippen molar-refractivity contribution in [2.45, 2.75) is 25.8 Å². The Balaban J connectivity index is 1.69. The summed E-state index contributed by atoms with van der Waals surface area (Å²) in [5, 5.41) is 7.18. The van der Waals surface area contributed by atoms with E-state index < -0.39 is 0 Å². The van der Waals surface area contributed by atoms with E-state index in [1.54, 1.807) is 17.1 Å². The van der Waals surface area contributed by atoms with Crippen molar-refractivity contribution in [3.05, 3.63) is 42.4 Å². The summed E-state index contributed by atoms with van der Waals surface area (Å²) < 4.78 is 1.76. The van der Waals surface area contributed by atoms with Gasteiger partial charge in [0.2, 0.25) is 5.91 Å². The highest BCUT2D eigenvalue weighted by Crippen LogP contribution is 2.27. The van der Waals surface area contributed by atoms with Crippen molar-refractivity contribution in [2.75, 3.05) is 5.32 Å². The molecule has 0 aliphatic heterocycles. The molecule has 0 bridgehead atoms. The molecule has 0 spiro atoms. The van der Waals surface area contributed by atoms with Crippen LogP contribution >= 0.6 is 0 Å². The van der Waals surface area contributed by atoms with E-state index in [2.05, 4.69) is 15.4 Å². The summed E-state index contributed by atoms with van der Waals surface area (Å²) in [5.74, 6) is 1.02. The van der Waals surface area contributed by atoms with E-state index in [1.165, 1.54) is 0 Å². The van der Waals surface area contributed by atoms with Gasteiger partial charge < -0.3 is 5.32 Å². The first-order valence-corrected chi connectivity index (χ1v) is 6.55. The van der Waals surface area contributed by atoms with Crippen molar-refractivity contribution >= 4 is 11.7 Å². The first kappa shape index (κ1) is 11.9. The molecule has 1 aliphatic rings. The molecule has 1 N–H and O–H groups in total. The normalized spacial score (nSPS) is 14.9. The molecule has 2 heterocycles. The van der Waals surface area contributed by atoms with Crippen LogP contribution in [-0.2, 0) is 11.3 Å². The quantitative estimate of drug-likeness (QED) is 0.911. The number of nitrogens with one attached hydrogen (secondary N) is 1. The molecule has 1 aliphatic carbocycles. The van der Waals surface area contributed by atoms with Crippen LogP contribution in [0.4, 0.5) is 5.82 Å². The van der Waals surface area contributed by atoms with Crippen LogP contribution in [0.15, 0.2) is 36.7 Å². The summed E-state index contributed by atoms with van der Waals surface area (Å²) in [6.07, 6.45) is 6.61. The van der Waals surface area contributed by atoms with Gasteiger partial charge in [-0.2, -0.15) is 5.10 Å². The summed E-state index contributed by atoms with van der Waals surface area (Å²) in [6.45, 7) is 0.564. The number of rotatable bonds is 4. The van der Waals surface area contributed by atoms with Crippen molar-refractivity contribution in [3.8, 4) is 0 Å². The predicted molar refractivity (Wildman–Crippen MR) is 71.5 cm³/mol. The number of carbonyl (C=O) groups excluding carboxylic acids is 1. The van der Waals surface area contributed by atoms with Gasteiger partial charge in [-0.25, -0.2) is 4.68 Å². The van der Waals surface area contributed by atoms with Crippen molar-refractivity contribution in [1.29, 1.82) is 0 Å². The summed E-state index contributed by atoms with van der Waals surface area (Å²) in [6, 6.07) is 7.59. The van der Waals surface area contributed by atoms with Gasteiger partial charge in [0.05, 0.1) is 18.4 Å². The molecule has 0 unspecified atom stereocenters. The van der Waals surface area contributed by atoms with Crippen LogP contribution in [0.25, 0.3) is 0 Å². The molecular weight excluding hydrogens is 240 g/mol. The monoisotopic (exact) mass is 256 g/mol. The number of anilines is 1. The maximum atomic E-state index is 11.9. The van der Waals surface area contributed by atoms with Gasteiger partial charge in [0.1, 0.15) is 5.82 Å². The molecule has 19 heavy (non-hydrogen) atoms. The molecule has 0 saturated heterocycles.